The van der Waals surface area contributed by atoms with Crippen LogP contribution in [0.25, 0.3) is 0 Å². The molecule has 3 aromatic rings. The van der Waals surface area contributed by atoms with Gasteiger partial charge in [0.25, 0.3) is 0 Å². The molecule has 2 fully saturated rings. The molecule has 9 heteroatoms. The van der Waals surface area contributed by atoms with Gasteiger partial charge in [-0.1, -0.05) is 60.7 Å². The fourth-order valence-electron chi connectivity index (χ4n) is 6.57. The summed E-state index contributed by atoms with van der Waals surface area (Å²) < 4.78 is 0. The third kappa shape index (κ3) is 6.20. The summed E-state index contributed by atoms with van der Waals surface area (Å²) in [5.74, 6) is 0.693. The quantitative estimate of drug-likeness (QED) is 0.325. The average molecular weight is 530 g/mol. The summed E-state index contributed by atoms with van der Waals surface area (Å²) in [7, 11) is 0. The number of hydrogen-bond acceptors (Lipinski definition) is 8. The Morgan fingerprint density at radius 3 is 1.95 bits per heavy atom. The zero-order valence-electron chi connectivity index (χ0n) is 23.3. The standard InChI is InChI=1S/C30H39N7O2/c1-29(2)19-24(20-30(3,4)34-29)33-27-26(37(38)39)28(32-21-31-27)36-17-15-35(16-18-36)25(22-11-7-5-8-12-22)23-13-9-6-10-14-23/h5-14,21,24-25,34H,15-20H2,1-4H3,(H,31,32,33). The minimum Gasteiger partial charge on any atom is -0.361 e. The Morgan fingerprint density at radius 2 is 1.44 bits per heavy atom. The summed E-state index contributed by atoms with van der Waals surface area (Å²) in [6.45, 7) is 11.5. The monoisotopic (exact) mass is 529 g/mol. The van der Waals surface area contributed by atoms with Gasteiger partial charge in [0.2, 0.25) is 11.6 Å². The number of nitrogens with one attached hydrogen (secondary N) is 2. The van der Waals surface area contributed by atoms with Crippen molar-refractivity contribution in [2.75, 3.05) is 36.4 Å². The minimum absolute atomic E-state index is 0.0391. The van der Waals surface area contributed by atoms with Gasteiger partial charge in [-0.25, -0.2) is 9.97 Å². The molecule has 0 aliphatic carbocycles. The van der Waals surface area contributed by atoms with Crippen molar-refractivity contribution in [1.82, 2.24) is 20.2 Å². The molecule has 0 bridgehead atoms. The summed E-state index contributed by atoms with van der Waals surface area (Å²) in [4.78, 5) is 25.3. The van der Waals surface area contributed by atoms with Crippen molar-refractivity contribution in [1.29, 1.82) is 0 Å². The van der Waals surface area contributed by atoms with Crippen LogP contribution in [0.1, 0.15) is 57.7 Å². The molecule has 2 N–H and O–H groups in total. The highest BCUT2D eigenvalue weighted by molar-refractivity contribution is 5.70. The molecule has 2 aliphatic heterocycles. The normalized spacial score (nSPS) is 19.7. The summed E-state index contributed by atoms with van der Waals surface area (Å²) in [5, 5.41) is 19.4. The maximum atomic E-state index is 12.4. The number of nitrogens with zero attached hydrogens (tertiary/aromatic N) is 5. The van der Waals surface area contributed by atoms with Gasteiger partial charge in [0.1, 0.15) is 6.33 Å². The second-order valence-corrected chi connectivity index (χ2v) is 12.0. The van der Waals surface area contributed by atoms with Crippen molar-refractivity contribution < 1.29 is 4.92 Å². The molecule has 0 radical (unpaired) electrons. The Bertz CT molecular complexity index is 1220. The highest BCUT2D eigenvalue weighted by Gasteiger charge is 2.39. The van der Waals surface area contributed by atoms with Gasteiger partial charge in [-0.15, -0.1) is 0 Å². The molecule has 2 aliphatic rings. The number of benzene rings is 2. The minimum atomic E-state index is -0.335. The van der Waals surface area contributed by atoms with Gasteiger partial charge in [-0.2, -0.15) is 0 Å². The Kier molecular flexibility index (Phi) is 7.55. The van der Waals surface area contributed by atoms with Gasteiger partial charge >= 0.3 is 5.69 Å². The van der Waals surface area contributed by atoms with Gasteiger partial charge in [0.15, 0.2) is 0 Å². The molecule has 2 aromatic carbocycles. The third-order valence-corrected chi connectivity index (χ3v) is 7.73. The second-order valence-electron chi connectivity index (χ2n) is 12.0. The molecule has 9 nitrogen and oxygen atoms in total. The first-order chi connectivity index (χ1) is 18.6. The topological polar surface area (TPSA) is 99.5 Å². The maximum absolute atomic E-state index is 12.4. The van der Waals surface area contributed by atoms with E-state index < -0.39 is 0 Å². The summed E-state index contributed by atoms with van der Waals surface area (Å²) in [6.07, 6.45) is 3.13. The first-order valence-corrected chi connectivity index (χ1v) is 13.8. The predicted octanol–water partition coefficient (Wildman–Crippen LogP) is 5.02. The first kappa shape index (κ1) is 27.0. The molecule has 0 atom stereocenters. The zero-order valence-corrected chi connectivity index (χ0v) is 23.3. The number of nitro groups is 1. The number of rotatable bonds is 7. The molecular weight excluding hydrogens is 490 g/mol. The smallest absolute Gasteiger partial charge is 0.353 e. The molecule has 0 saturated carbocycles. The van der Waals surface area contributed by atoms with E-state index in [1.54, 1.807) is 0 Å². The van der Waals surface area contributed by atoms with Crippen LogP contribution in [-0.4, -0.2) is 63.1 Å². The largest absolute Gasteiger partial charge is 0.361 e. The van der Waals surface area contributed by atoms with Crippen LogP contribution in [0.4, 0.5) is 17.3 Å². The van der Waals surface area contributed by atoms with E-state index in [0.717, 1.165) is 25.9 Å². The lowest BCUT2D eigenvalue weighted by Crippen LogP contribution is -2.60. The average Bonchev–Trinajstić information content (AvgIpc) is 2.88. The van der Waals surface area contributed by atoms with Crippen molar-refractivity contribution in [3.05, 3.63) is 88.2 Å². The molecular formula is C30H39N7O2. The summed E-state index contributed by atoms with van der Waals surface area (Å²) >= 11 is 0. The lowest BCUT2D eigenvalue weighted by Gasteiger charge is -2.46. The number of hydrogen-bond donors (Lipinski definition) is 2. The third-order valence-electron chi connectivity index (χ3n) is 7.73. The first-order valence-electron chi connectivity index (χ1n) is 13.8. The van der Waals surface area contributed by atoms with E-state index in [9.17, 15) is 10.1 Å². The van der Waals surface area contributed by atoms with Crippen LogP contribution in [0.15, 0.2) is 67.0 Å². The SMILES string of the molecule is CC1(C)CC(Nc2ncnc(N3CCN(C(c4ccccc4)c4ccccc4)CC3)c2[N+](=O)[O-])CC(C)(C)N1. The molecule has 5 rings (SSSR count). The van der Waals surface area contributed by atoms with Gasteiger partial charge in [-0.05, 0) is 51.7 Å². The van der Waals surface area contributed by atoms with Crippen LogP contribution >= 0.6 is 0 Å². The van der Waals surface area contributed by atoms with E-state index in [-0.39, 0.29) is 33.8 Å². The van der Waals surface area contributed by atoms with E-state index in [4.69, 9.17) is 0 Å². The van der Waals surface area contributed by atoms with E-state index in [1.807, 2.05) is 17.0 Å². The number of piperazine rings is 1. The highest BCUT2D eigenvalue weighted by Crippen LogP contribution is 2.37. The van der Waals surface area contributed by atoms with E-state index in [1.165, 1.54) is 17.5 Å². The van der Waals surface area contributed by atoms with E-state index in [0.29, 0.717) is 24.7 Å². The fraction of sp³-hybridized carbons (Fsp3) is 0.467. The van der Waals surface area contributed by atoms with Crippen LogP contribution in [0.3, 0.4) is 0 Å². The van der Waals surface area contributed by atoms with Crippen molar-refractivity contribution in [3.8, 4) is 0 Å². The van der Waals surface area contributed by atoms with Crippen LogP contribution < -0.4 is 15.5 Å². The van der Waals surface area contributed by atoms with Gasteiger partial charge in [0.05, 0.1) is 11.0 Å². The molecule has 1 aromatic heterocycles. The Labute approximate surface area is 230 Å². The van der Waals surface area contributed by atoms with Crippen molar-refractivity contribution in [2.24, 2.45) is 0 Å². The molecule has 3 heterocycles. The number of aromatic nitrogens is 2. The Hall–Kier alpha value is -3.56. The second kappa shape index (κ2) is 10.9. The lowest BCUT2D eigenvalue weighted by molar-refractivity contribution is -0.383. The molecule has 206 valence electrons. The van der Waals surface area contributed by atoms with Crippen LogP contribution in [0.2, 0.25) is 0 Å². The van der Waals surface area contributed by atoms with E-state index >= 15 is 0 Å². The molecule has 2 saturated heterocycles. The van der Waals surface area contributed by atoms with Gasteiger partial charge in [-0.3, -0.25) is 15.0 Å². The van der Waals surface area contributed by atoms with Gasteiger partial charge in [0, 0.05) is 43.3 Å². The maximum Gasteiger partial charge on any atom is 0.353 e. The Balaban J connectivity index is 1.36. The van der Waals surface area contributed by atoms with E-state index in [2.05, 4.69) is 102 Å². The highest BCUT2D eigenvalue weighted by atomic mass is 16.6. The molecule has 0 spiro atoms. The number of piperidine rings is 1. The van der Waals surface area contributed by atoms with Crippen molar-refractivity contribution >= 4 is 17.3 Å². The molecule has 39 heavy (non-hydrogen) atoms. The Morgan fingerprint density at radius 1 is 0.897 bits per heavy atom. The fourth-order valence-corrected chi connectivity index (χ4v) is 6.57. The molecule has 0 amide bonds. The van der Waals surface area contributed by atoms with Crippen molar-refractivity contribution in [3.63, 3.8) is 0 Å². The van der Waals surface area contributed by atoms with Crippen LogP contribution in [0, 0.1) is 10.1 Å². The summed E-state index contributed by atoms with van der Waals surface area (Å²) in [5.41, 5.74) is 2.26. The van der Waals surface area contributed by atoms with Gasteiger partial charge < -0.3 is 15.5 Å². The number of anilines is 2. The zero-order chi connectivity index (χ0) is 27.6. The molecule has 0 unspecified atom stereocenters. The van der Waals surface area contributed by atoms with Crippen molar-refractivity contribution in [2.45, 2.75) is 63.7 Å². The van der Waals surface area contributed by atoms with Crippen LogP contribution in [-0.2, 0) is 0 Å². The summed E-state index contributed by atoms with van der Waals surface area (Å²) in [6, 6.07) is 21.2. The van der Waals surface area contributed by atoms with Crippen LogP contribution in [0.5, 0.6) is 0 Å². The lowest BCUT2D eigenvalue weighted by atomic mass is 9.79. The predicted molar refractivity (Wildman–Crippen MR) is 155 cm³/mol.